The number of aromatic amines is 1. The first-order valence-electron chi connectivity index (χ1n) is 11.1. The van der Waals surface area contributed by atoms with E-state index in [0.29, 0.717) is 40.5 Å². The van der Waals surface area contributed by atoms with Crippen molar-refractivity contribution in [1.29, 1.82) is 0 Å². The van der Waals surface area contributed by atoms with Gasteiger partial charge in [-0.05, 0) is 31.3 Å². The highest BCUT2D eigenvalue weighted by Gasteiger charge is 2.22. The summed E-state index contributed by atoms with van der Waals surface area (Å²) in [4.78, 5) is 52.9. The standard InChI is InChI=1S/C21H21ClN4O3.C4H4O4/c1-3-25(4-2)13-20-23-12-19(24-20)15-10-9-14(26(28)29)11-17(15)21(27)16-7-5-6-8-18(16)22;5-3(6)1-2-4(7)8/h5-12H,3-4,13H2,1-2H3,(H,23,24);1-2H,(H,5,6)(H,7,8)/b;2-1+. The van der Waals surface area contributed by atoms with Gasteiger partial charge in [-0.3, -0.25) is 19.8 Å². The van der Waals surface area contributed by atoms with E-state index >= 15 is 0 Å². The molecule has 194 valence electrons. The molecule has 3 aromatic rings. The summed E-state index contributed by atoms with van der Waals surface area (Å²) in [6.45, 7) is 6.57. The van der Waals surface area contributed by atoms with E-state index in [1.54, 1.807) is 36.5 Å². The van der Waals surface area contributed by atoms with Gasteiger partial charge in [-0.2, -0.15) is 0 Å². The number of ketones is 1. The lowest BCUT2D eigenvalue weighted by Gasteiger charge is -2.15. The van der Waals surface area contributed by atoms with Crippen molar-refractivity contribution in [2.24, 2.45) is 0 Å². The summed E-state index contributed by atoms with van der Waals surface area (Å²) in [5, 5.41) is 27.2. The number of carbonyl (C=O) groups is 3. The Kier molecular flexibility index (Phi) is 10.7. The Morgan fingerprint density at radius 3 is 2.22 bits per heavy atom. The maximum atomic E-state index is 13.2. The minimum atomic E-state index is -1.26. The summed E-state index contributed by atoms with van der Waals surface area (Å²) < 4.78 is 0. The minimum absolute atomic E-state index is 0.160. The Morgan fingerprint density at radius 2 is 1.68 bits per heavy atom. The Hall–Kier alpha value is -4.35. The Labute approximate surface area is 217 Å². The molecule has 12 heteroatoms. The van der Waals surface area contributed by atoms with E-state index in [0.717, 1.165) is 18.9 Å². The van der Waals surface area contributed by atoms with Crippen LogP contribution in [0, 0.1) is 10.1 Å². The highest BCUT2D eigenvalue weighted by molar-refractivity contribution is 6.35. The topological polar surface area (TPSA) is 167 Å². The van der Waals surface area contributed by atoms with Gasteiger partial charge in [0.1, 0.15) is 5.82 Å². The van der Waals surface area contributed by atoms with Gasteiger partial charge >= 0.3 is 11.9 Å². The first-order chi connectivity index (χ1) is 17.6. The molecule has 0 bridgehead atoms. The van der Waals surface area contributed by atoms with Gasteiger partial charge in [0, 0.05) is 41.0 Å². The van der Waals surface area contributed by atoms with Crippen LogP contribution in [0.3, 0.4) is 0 Å². The van der Waals surface area contributed by atoms with E-state index < -0.39 is 16.9 Å². The van der Waals surface area contributed by atoms with E-state index in [-0.39, 0.29) is 17.0 Å². The maximum Gasteiger partial charge on any atom is 0.328 e. The zero-order valence-corrected chi connectivity index (χ0v) is 20.8. The molecule has 0 aliphatic rings. The summed E-state index contributed by atoms with van der Waals surface area (Å²) in [5.74, 6) is -2.13. The first kappa shape index (κ1) is 28.9. The third-order valence-electron chi connectivity index (χ3n) is 5.13. The molecule has 3 N–H and O–H groups in total. The molecule has 3 rings (SSSR count). The van der Waals surface area contributed by atoms with E-state index in [1.165, 1.54) is 12.1 Å². The van der Waals surface area contributed by atoms with E-state index in [2.05, 4.69) is 28.7 Å². The van der Waals surface area contributed by atoms with Gasteiger partial charge in [-0.1, -0.05) is 37.6 Å². The second kappa shape index (κ2) is 13.7. The van der Waals surface area contributed by atoms with Crippen LogP contribution in [0.15, 0.2) is 60.8 Å². The van der Waals surface area contributed by atoms with Crippen molar-refractivity contribution in [2.45, 2.75) is 20.4 Å². The molecule has 0 unspecified atom stereocenters. The zero-order valence-electron chi connectivity index (χ0n) is 20.1. The number of hydrogen-bond acceptors (Lipinski definition) is 7. The summed E-state index contributed by atoms with van der Waals surface area (Å²) in [7, 11) is 0. The molecule has 0 fully saturated rings. The lowest BCUT2D eigenvalue weighted by atomic mass is 9.96. The van der Waals surface area contributed by atoms with Crippen molar-refractivity contribution >= 4 is 35.0 Å². The molecule has 2 aromatic carbocycles. The number of nitro benzene ring substituents is 1. The third kappa shape index (κ3) is 8.37. The average molecular weight is 529 g/mol. The highest BCUT2D eigenvalue weighted by Crippen LogP contribution is 2.30. The molecule has 0 aliphatic heterocycles. The third-order valence-corrected chi connectivity index (χ3v) is 5.46. The number of halogens is 1. The fraction of sp³-hybridized carbons (Fsp3) is 0.200. The van der Waals surface area contributed by atoms with Gasteiger partial charge < -0.3 is 15.2 Å². The number of hydrogen-bond donors (Lipinski definition) is 3. The predicted molar refractivity (Wildman–Crippen MR) is 137 cm³/mol. The Bertz CT molecular complexity index is 1300. The fourth-order valence-electron chi connectivity index (χ4n) is 3.24. The maximum absolute atomic E-state index is 13.2. The molecule has 0 amide bonds. The van der Waals surface area contributed by atoms with Crippen LogP contribution >= 0.6 is 11.6 Å². The quantitative estimate of drug-likeness (QED) is 0.149. The number of nitrogens with zero attached hydrogens (tertiary/aromatic N) is 3. The van der Waals surface area contributed by atoms with Gasteiger partial charge in [0.05, 0.1) is 28.4 Å². The van der Waals surface area contributed by atoms with Gasteiger partial charge in [0.25, 0.3) is 5.69 Å². The minimum Gasteiger partial charge on any atom is -0.478 e. The summed E-state index contributed by atoms with van der Waals surface area (Å²) in [6.07, 6.45) is 2.76. The van der Waals surface area contributed by atoms with Crippen LogP contribution in [0.5, 0.6) is 0 Å². The van der Waals surface area contributed by atoms with Crippen molar-refractivity contribution in [3.05, 3.63) is 92.9 Å². The van der Waals surface area contributed by atoms with Crippen molar-refractivity contribution in [1.82, 2.24) is 14.9 Å². The second-order valence-corrected chi connectivity index (χ2v) is 7.92. The van der Waals surface area contributed by atoms with Gasteiger partial charge in [0.2, 0.25) is 0 Å². The number of nitro groups is 1. The van der Waals surface area contributed by atoms with Crippen LogP contribution in [0.4, 0.5) is 5.69 Å². The number of aromatic nitrogens is 2. The number of imidazole rings is 1. The lowest BCUT2D eigenvalue weighted by molar-refractivity contribution is -0.384. The van der Waals surface area contributed by atoms with E-state index in [9.17, 15) is 24.5 Å². The molecule has 0 aliphatic carbocycles. The van der Waals surface area contributed by atoms with Crippen molar-refractivity contribution in [3.8, 4) is 11.3 Å². The molecular formula is C25H25ClN4O7. The number of carboxylic acids is 2. The van der Waals surface area contributed by atoms with Gasteiger partial charge in [-0.15, -0.1) is 0 Å². The van der Waals surface area contributed by atoms with E-state index in [4.69, 9.17) is 21.8 Å². The summed E-state index contributed by atoms with van der Waals surface area (Å²) in [5.41, 5.74) is 1.49. The van der Waals surface area contributed by atoms with E-state index in [1.807, 2.05) is 0 Å². The van der Waals surface area contributed by atoms with Gasteiger partial charge in [-0.25, -0.2) is 14.6 Å². The molecule has 0 atom stereocenters. The largest absolute Gasteiger partial charge is 0.478 e. The number of aliphatic carboxylic acids is 2. The monoisotopic (exact) mass is 528 g/mol. The van der Waals surface area contributed by atoms with Crippen LogP contribution in [0.1, 0.15) is 35.6 Å². The number of nitrogens with one attached hydrogen (secondary N) is 1. The number of non-ortho nitro benzene ring substituents is 1. The number of H-pyrrole nitrogens is 1. The molecule has 0 radical (unpaired) electrons. The lowest BCUT2D eigenvalue weighted by Crippen LogP contribution is -2.22. The predicted octanol–water partition coefficient (Wildman–Crippen LogP) is 4.42. The van der Waals surface area contributed by atoms with Crippen LogP contribution in [-0.2, 0) is 16.1 Å². The van der Waals surface area contributed by atoms with Crippen molar-refractivity contribution < 1.29 is 29.5 Å². The Morgan fingerprint density at radius 1 is 1.05 bits per heavy atom. The van der Waals surface area contributed by atoms with Crippen molar-refractivity contribution in [3.63, 3.8) is 0 Å². The van der Waals surface area contributed by atoms with Crippen LogP contribution < -0.4 is 0 Å². The van der Waals surface area contributed by atoms with Crippen LogP contribution in [0.25, 0.3) is 11.3 Å². The summed E-state index contributed by atoms with van der Waals surface area (Å²) >= 11 is 6.18. The molecule has 1 aromatic heterocycles. The highest BCUT2D eigenvalue weighted by atomic mass is 35.5. The summed E-state index contributed by atoms with van der Waals surface area (Å²) in [6, 6.07) is 10.9. The molecule has 0 saturated heterocycles. The smallest absolute Gasteiger partial charge is 0.328 e. The first-order valence-corrected chi connectivity index (χ1v) is 11.4. The molecule has 1 heterocycles. The van der Waals surface area contributed by atoms with Crippen LogP contribution in [0.2, 0.25) is 5.02 Å². The zero-order chi connectivity index (χ0) is 27.5. The Balaban J connectivity index is 0.000000521. The number of carboxylic acid groups (broad SMARTS) is 2. The molecule has 0 saturated carbocycles. The normalized spacial score (nSPS) is 10.7. The molecule has 37 heavy (non-hydrogen) atoms. The number of carbonyl (C=O) groups excluding carboxylic acids is 1. The van der Waals surface area contributed by atoms with Crippen LogP contribution in [-0.4, -0.2) is 60.8 Å². The van der Waals surface area contributed by atoms with Gasteiger partial charge in [0.15, 0.2) is 5.78 Å². The molecule has 11 nitrogen and oxygen atoms in total. The second-order valence-electron chi connectivity index (χ2n) is 7.51. The number of rotatable bonds is 10. The SMILES string of the molecule is CCN(CC)Cc1ncc(-c2ccc([N+](=O)[O-])cc2C(=O)c2ccccc2Cl)[nH]1.O=C(O)/C=C/C(=O)O. The fourth-order valence-corrected chi connectivity index (χ4v) is 3.46. The number of benzene rings is 2. The van der Waals surface area contributed by atoms with Crippen molar-refractivity contribution in [2.75, 3.05) is 13.1 Å². The average Bonchev–Trinajstić information content (AvgIpc) is 3.34. The molecular weight excluding hydrogens is 504 g/mol. The molecule has 0 spiro atoms.